The number of allylic oxidation sites excluding steroid dienone is 2. The van der Waals surface area contributed by atoms with Crippen LogP contribution in [0, 0.1) is 17.9 Å². The smallest absolute Gasteiger partial charge is 0.162 e. The number of nitrogens with zero attached hydrogens (tertiary/aromatic N) is 2. The molecule has 8 rings (SSSR count). The molecule has 0 atom stereocenters. The van der Waals surface area contributed by atoms with E-state index in [1.807, 2.05) is 33.9 Å². The van der Waals surface area contributed by atoms with Crippen molar-refractivity contribution in [3.63, 3.8) is 0 Å². The van der Waals surface area contributed by atoms with Gasteiger partial charge in [-0.25, -0.2) is 0 Å². The molecular weight excluding hydrogens is 829 g/mol. The van der Waals surface area contributed by atoms with E-state index >= 15 is 0 Å². The van der Waals surface area contributed by atoms with Crippen LogP contribution in [0.3, 0.4) is 0 Å². The first kappa shape index (κ1) is 38.3. The first-order valence-corrected chi connectivity index (χ1v) is 19.0. The van der Waals surface area contributed by atoms with E-state index in [0.717, 1.165) is 53.5 Å². The normalized spacial score (nSPS) is 13.7. The Morgan fingerprint density at radius 1 is 0.792 bits per heavy atom. The van der Waals surface area contributed by atoms with Gasteiger partial charge in [0, 0.05) is 49.9 Å². The van der Waals surface area contributed by atoms with Crippen LogP contribution in [0.4, 0.5) is 0 Å². The van der Waals surface area contributed by atoms with Crippen molar-refractivity contribution < 1.29 is 30.0 Å². The number of carbonyl (C=O) groups is 1. The van der Waals surface area contributed by atoms with Gasteiger partial charge in [0.1, 0.15) is 0 Å². The Hall–Kier alpha value is -4.44. The zero-order valence-electron chi connectivity index (χ0n) is 31.9. The monoisotopic (exact) mass is 878 g/mol. The Balaban J connectivity index is 0.000000258. The molecule has 2 aliphatic rings. The average Bonchev–Trinajstić information content (AvgIpc) is 3.44. The molecule has 273 valence electrons. The molecule has 1 radical (unpaired) electrons. The van der Waals surface area contributed by atoms with Crippen molar-refractivity contribution in [3.8, 4) is 22.4 Å². The number of aromatic nitrogens is 2. The zero-order valence-corrected chi connectivity index (χ0v) is 34.3. The molecule has 53 heavy (non-hydrogen) atoms. The number of fused-ring (bicyclic) bond motifs is 10. The van der Waals surface area contributed by atoms with E-state index in [-0.39, 0.29) is 48.9 Å². The number of carbonyl (C=O) groups excluding carboxylic acids is 1. The standard InChI is InChI=1S/C35H25N2.C13H24O2.Ir/c1-34(2,3)23-18-22-16-17-36-32-26-19-21-10-4-9-15-30(21)37-33(26)35(29(20-23)31(22)32)27-13-7-5-11-24(27)25-12-6-8-14-28(25)35;1-5-10(6-2)12(14)9-13(15)11(7-3)8-4;/h4-18,20H,1-3H3;9-11,14H,5-8H2,1-4H3;/q-1;;/b;12-9-;. The third-order valence-corrected chi connectivity index (χ3v) is 11.4. The first-order valence-electron chi connectivity index (χ1n) is 19.0. The maximum Gasteiger partial charge on any atom is 0.162 e. The summed E-state index contributed by atoms with van der Waals surface area (Å²) in [6.07, 6.45) is 6.85. The number of hydrogen-bond acceptors (Lipinski definition) is 4. The number of aliphatic hydroxyl groups is 1. The molecule has 2 heterocycles. The van der Waals surface area contributed by atoms with Crippen LogP contribution in [0.15, 0.2) is 109 Å². The van der Waals surface area contributed by atoms with E-state index in [4.69, 9.17) is 9.97 Å². The van der Waals surface area contributed by atoms with Crippen LogP contribution in [0.2, 0.25) is 0 Å². The number of pyridine rings is 2. The van der Waals surface area contributed by atoms with Crippen LogP contribution < -0.4 is 0 Å². The summed E-state index contributed by atoms with van der Waals surface area (Å²) in [6, 6.07) is 36.8. The molecule has 2 aliphatic carbocycles. The molecule has 0 bridgehead atoms. The van der Waals surface area contributed by atoms with E-state index < -0.39 is 5.41 Å². The minimum absolute atomic E-state index is 0. The van der Waals surface area contributed by atoms with Gasteiger partial charge in [-0.1, -0.05) is 138 Å². The van der Waals surface area contributed by atoms with Gasteiger partial charge in [-0.2, -0.15) is 0 Å². The molecule has 4 aromatic carbocycles. The molecule has 0 unspecified atom stereocenters. The topological polar surface area (TPSA) is 63.1 Å². The number of rotatable bonds is 7. The van der Waals surface area contributed by atoms with Gasteiger partial charge < -0.3 is 10.1 Å². The Morgan fingerprint density at radius 2 is 1.38 bits per heavy atom. The molecule has 0 fully saturated rings. The van der Waals surface area contributed by atoms with Crippen molar-refractivity contribution in [2.45, 2.75) is 85.0 Å². The molecule has 2 aromatic heterocycles. The van der Waals surface area contributed by atoms with Crippen molar-refractivity contribution in [1.29, 1.82) is 0 Å². The third-order valence-electron chi connectivity index (χ3n) is 11.4. The molecule has 5 heteroatoms. The van der Waals surface area contributed by atoms with Crippen LogP contribution in [0.5, 0.6) is 0 Å². The number of para-hydroxylation sites is 1. The minimum atomic E-state index is -0.543. The molecule has 0 saturated carbocycles. The summed E-state index contributed by atoms with van der Waals surface area (Å²) in [4.78, 5) is 22.1. The van der Waals surface area contributed by atoms with E-state index in [1.165, 1.54) is 50.2 Å². The number of ketones is 1. The van der Waals surface area contributed by atoms with Gasteiger partial charge in [-0.15, -0.1) is 12.1 Å². The Morgan fingerprint density at radius 3 is 1.98 bits per heavy atom. The summed E-state index contributed by atoms with van der Waals surface area (Å²) < 4.78 is 0. The maximum absolute atomic E-state index is 11.7. The predicted molar refractivity (Wildman–Crippen MR) is 215 cm³/mol. The summed E-state index contributed by atoms with van der Waals surface area (Å²) in [5.74, 6) is 0.547. The number of aliphatic hydroxyl groups excluding tert-OH is 1. The van der Waals surface area contributed by atoms with Crippen LogP contribution in [-0.4, -0.2) is 20.9 Å². The molecule has 0 amide bonds. The van der Waals surface area contributed by atoms with E-state index in [9.17, 15) is 9.90 Å². The Bertz CT molecular complexity index is 2300. The van der Waals surface area contributed by atoms with Gasteiger partial charge in [0.25, 0.3) is 0 Å². The maximum atomic E-state index is 11.7. The molecule has 1 N–H and O–H groups in total. The summed E-state index contributed by atoms with van der Waals surface area (Å²) in [5, 5.41) is 13.2. The fourth-order valence-electron chi connectivity index (χ4n) is 8.41. The summed E-state index contributed by atoms with van der Waals surface area (Å²) >= 11 is 0. The van der Waals surface area contributed by atoms with Gasteiger partial charge in [0.2, 0.25) is 0 Å². The fraction of sp³-hybridized carbons (Fsp3) is 0.312. The van der Waals surface area contributed by atoms with E-state index in [2.05, 4.69) is 118 Å². The van der Waals surface area contributed by atoms with Gasteiger partial charge in [-0.05, 0) is 92.5 Å². The van der Waals surface area contributed by atoms with Crippen molar-refractivity contribution in [3.05, 3.63) is 143 Å². The third kappa shape index (κ3) is 6.36. The van der Waals surface area contributed by atoms with E-state index in [1.54, 1.807) is 0 Å². The summed E-state index contributed by atoms with van der Waals surface area (Å²) in [6.45, 7) is 15.0. The Kier molecular flexibility index (Phi) is 10.9. The second-order valence-electron chi connectivity index (χ2n) is 15.3. The summed E-state index contributed by atoms with van der Waals surface area (Å²) in [7, 11) is 0. The van der Waals surface area contributed by atoms with Crippen LogP contribution in [0.25, 0.3) is 44.1 Å². The van der Waals surface area contributed by atoms with Gasteiger partial charge in [0.15, 0.2) is 5.78 Å². The average molecular weight is 878 g/mol. The molecule has 6 aromatic rings. The quantitative estimate of drug-likeness (QED) is 0.0984. The van der Waals surface area contributed by atoms with Crippen LogP contribution in [0.1, 0.15) is 102 Å². The molecule has 0 saturated heterocycles. The first-order chi connectivity index (χ1) is 25.1. The van der Waals surface area contributed by atoms with E-state index in [0.29, 0.717) is 0 Å². The molecule has 4 nitrogen and oxygen atoms in total. The van der Waals surface area contributed by atoms with Crippen LogP contribution >= 0.6 is 0 Å². The second-order valence-corrected chi connectivity index (χ2v) is 15.3. The molecule has 0 aliphatic heterocycles. The van der Waals surface area contributed by atoms with Gasteiger partial charge in [-0.3, -0.25) is 9.78 Å². The van der Waals surface area contributed by atoms with Crippen molar-refractivity contribution in [1.82, 2.24) is 9.97 Å². The summed E-state index contributed by atoms with van der Waals surface area (Å²) in [5.41, 5.74) is 11.2. The van der Waals surface area contributed by atoms with Gasteiger partial charge >= 0.3 is 0 Å². The minimum Gasteiger partial charge on any atom is -0.512 e. The van der Waals surface area contributed by atoms with Crippen molar-refractivity contribution in [2.75, 3.05) is 0 Å². The SMILES string of the molecule is CC(C)(C)c1cc2c3c(nccc3c1)-c1[c-]c3ccccc3nc1C21c2ccccc2-c2ccccc21.CCC(CC)C(=O)/C=C(\O)C(CC)CC.[Ir]. The van der Waals surface area contributed by atoms with Crippen LogP contribution in [-0.2, 0) is 35.7 Å². The van der Waals surface area contributed by atoms with Crippen molar-refractivity contribution in [2.24, 2.45) is 11.8 Å². The molecular formula is C48H49IrN2O2-. The zero-order chi connectivity index (χ0) is 36.8. The van der Waals surface area contributed by atoms with Crippen molar-refractivity contribution >= 4 is 27.5 Å². The largest absolute Gasteiger partial charge is 0.512 e. The van der Waals surface area contributed by atoms with Gasteiger partial charge in [0.05, 0.1) is 11.2 Å². The molecule has 1 spiro atoms. The number of benzene rings is 4. The predicted octanol–water partition coefficient (Wildman–Crippen LogP) is 12.1. The Labute approximate surface area is 328 Å². The second kappa shape index (κ2) is 15.1. The fourth-order valence-corrected chi connectivity index (χ4v) is 8.41. The number of hydrogen-bond donors (Lipinski definition) is 1.